The fourth-order valence-electron chi connectivity index (χ4n) is 1.32. The highest BCUT2D eigenvalue weighted by molar-refractivity contribution is 5.98. The SMILES string of the molecule is COc1cccc2n[nH]c(C=O)c12. The molecule has 0 fully saturated rings. The second-order valence-corrected chi connectivity index (χ2v) is 2.61. The summed E-state index contributed by atoms with van der Waals surface area (Å²) in [6, 6.07) is 5.45. The summed E-state index contributed by atoms with van der Waals surface area (Å²) in [4.78, 5) is 10.6. The molecule has 4 nitrogen and oxygen atoms in total. The van der Waals surface area contributed by atoms with Crippen LogP contribution in [0, 0.1) is 0 Å². The predicted molar refractivity (Wildman–Crippen MR) is 48.0 cm³/mol. The van der Waals surface area contributed by atoms with E-state index in [9.17, 15) is 4.79 Å². The molecule has 1 N–H and O–H groups in total. The molecule has 0 spiro atoms. The Morgan fingerprint density at radius 3 is 3.08 bits per heavy atom. The van der Waals surface area contributed by atoms with Crippen molar-refractivity contribution in [3.63, 3.8) is 0 Å². The van der Waals surface area contributed by atoms with E-state index in [0.717, 1.165) is 17.2 Å². The van der Waals surface area contributed by atoms with Gasteiger partial charge < -0.3 is 4.74 Å². The van der Waals surface area contributed by atoms with Gasteiger partial charge in [0.15, 0.2) is 6.29 Å². The Morgan fingerprint density at radius 1 is 1.54 bits per heavy atom. The molecule has 0 unspecified atom stereocenters. The summed E-state index contributed by atoms with van der Waals surface area (Å²) < 4.78 is 5.11. The van der Waals surface area contributed by atoms with Gasteiger partial charge in [0.05, 0.1) is 18.0 Å². The minimum Gasteiger partial charge on any atom is -0.496 e. The van der Waals surface area contributed by atoms with Gasteiger partial charge in [-0.15, -0.1) is 0 Å². The minimum atomic E-state index is 0.451. The van der Waals surface area contributed by atoms with Gasteiger partial charge in [-0.05, 0) is 12.1 Å². The lowest BCUT2D eigenvalue weighted by Crippen LogP contribution is -1.85. The first kappa shape index (κ1) is 7.79. The van der Waals surface area contributed by atoms with Crippen molar-refractivity contribution in [1.29, 1.82) is 0 Å². The van der Waals surface area contributed by atoms with Crippen molar-refractivity contribution in [2.45, 2.75) is 0 Å². The molecule has 0 aliphatic rings. The maximum Gasteiger partial charge on any atom is 0.168 e. The Balaban J connectivity index is 2.83. The zero-order valence-corrected chi connectivity index (χ0v) is 7.07. The second-order valence-electron chi connectivity index (χ2n) is 2.61. The molecule has 2 rings (SSSR count). The molecule has 0 amide bonds. The molecule has 0 radical (unpaired) electrons. The van der Waals surface area contributed by atoms with Gasteiger partial charge in [-0.1, -0.05) is 6.07 Å². The number of carbonyl (C=O) groups is 1. The first-order chi connectivity index (χ1) is 6.36. The average Bonchev–Trinajstić information content (AvgIpc) is 2.60. The monoisotopic (exact) mass is 176 g/mol. The van der Waals surface area contributed by atoms with Crippen LogP contribution in [0.2, 0.25) is 0 Å². The Labute approximate surface area is 74.5 Å². The van der Waals surface area contributed by atoms with Crippen molar-refractivity contribution in [3.05, 3.63) is 23.9 Å². The topological polar surface area (TPSA) is 55.0 Å². The van der Waals surface area contributed by atoms with Crippen LogP contribution in [0.5, 0.6) is 5.75 Å². The van der Waals surface area contributed by atoms with E-state index in [2.05, 4.69) is 10.2 Å². The Kier molecular flexibility index (Phi) is 1.73. The van der Waals surface area contributed by atoms with Gasteiger partial charge in [0.2, 0.25) is 0 Å². The summed E-state index contributed by atoms with van der Waals surface area (Å²) in [7, 11) is 1.57. The number of hydrogen-bond donors (Lipinski definition) is 1. The van der Waals surface area contributed by atoms with Crippen molar-refractivity contribution >= 4 is 17.2 Å². The van der Waals surface area contributed by atoms with Gasteiger partial charge in [-0.3, -0.25) is 9.89 Å². The fraction of sp³-hybridized carbons (Fsp3) is 0.111. The second kappa shape index (κ2) is 2.90. The number of methoxy groups -OCH3 is 1. The first-order valence-corrected chi connectivity index (χ1v) is 3.83. The normalized spacial score (nSPS) is 10.2. The number of nitrogens with zero attached hydrogens (tertiary/aromatic N) is 1. The molecule has 2 aromatic rings. The third-order valence-corrected chi connectivity index (χ3v) is 1.91. The molecule has 0 saturated carbocycles. The molecule has 66 valence electrons. The number of aromatic amines is 1. The molecular weight excluding hydrogens is 168 g/mol. The highest BCUT2D eigenvalue weighted by Crippen LogP contribution is 2.25. The maximum atomic E-state index is 10.6. The van der Waals surface area contributed by atoms with Crippen molar-refractivity contribution in [2.24, 2.45) is 0 Å². The number of aldehydes is 1. The lowest BCUT2D eigenvalue weighted by Gasteiger charge is -1.99. The van der Waals surface area contributed by atoms with E-state index in [4.69, 9.17) is 4.74 Å². The van der Waals surface area contributed by atoms with Crippen LogP contribution in [-0.2, 0) is 0 Å². The summed E-state index contributed by atoms with van der Waals surface area (Å²) >= 11 is 0. The van der Waals surface area contributed by atoms with Crippen LogP contribution in [0.25, 0.3) is 10.9 Å². The Hall–Kier alpha value is -1.84. The van der Waals surface area contributed by atoms with Crippen molar-refractivity contribution in [1.82, 2.24) is 10.2 Å². The molecule has 0 aliphatic carbocycles. The van der Waals surface area contributed by atoms with Gasteiger partial charge in [-0.25, -0.2) is 0 Å². The molecule has 0 atom stereocenters. The smallest absolute Gasteiger partial charge is 0.168 e. The molecule has 1 aromatic heterocycles. The van der Waals surface area contributed by atoms with E-state index in [1.165, 1.54) is 0 Å². The number of rotatable bonds is 2. The molecule has 4 heteroatoms. The third kappa shape index (κ3) is 1.07. The maximum absolute atomic E-state index is 10.6. The van der Waals surface area contributed by atoms with E-state index >= 15 is 0 Å². The highest BCUT2D eigenvalue weighted by atomic mass is 16.5. The zero-order chi connectivity index (χ0) is 9.26. The molecular formula is C9H8N2O2. The van der Waals surface area contributed by atoms with Crippen LogP contribution in [0.3, 0.4) is 0 Å². The average molecular weight is 176 g/mol. The van der Waals surface area contributed by atoms with Crippen LogP contribution in [0.4, 0.5) is 0 Å². The summed E-state index contributed by atoms with van der Waals surface area (Å²) in [6.07, 6.45) is 0.734. The van der Waals surface area contributed by atoms with E-state index in [1.807, 2.05) is 12.1 Å². The van der Waals surface area contributed by atoms with Gasteiger partial charge in [0.25, 0.3) is 0 Å². The first-order valence-electron chi connectivity index (χ1n) is 3.83. The third-order valence-electron chi connectivity index (χ3n) is 1.91. The lowest BCUT2D eigenvalue weighted by molar-refractivity contribution is 0.112. The van der Waals surface area contributed by atoms with Crippen molar-refractivity contribution in [2.75, 3.05) is 7.11 Å². The summed E-state index contributed by atoms with van der Waals surface area (Å²) in [5.74, 6) is 0.661. The number of H-pyrrole nitrogens is 1. The van der Waals surface area contributed by atoms with E-state index in [1.54, 1.807) is 13.2 Å². The largest absolute Gasteiger partial charge is 0.496 e. The number of fused-ring (bicyclic) bond motifs is 1. The Morgan fingerprint density at radius 2 is 2.38 bits per heavy atom. The summed E-state index contributed by atoms with van der Waals surface area (Å²) in [5, 5.41) is 7.34. The number of carbonyl (C=O) groups excluding carboxylic acids is 1. The van der Waals surface area contributed by atoms with E-state index in [-0.39, 0.29) is 0 Å². The standard InChI is InChI=1S/C9H8N2O2/c1-13-8-4-2-3-6-9(8)7(5-12)11-10-6/h2-5H,1H3,(H,10,11). The van der Waals surface area contributed by atoms with E-state index < -0.39 is 0 Å². The van der Waals surface area contributed by atoms with Gasteiger partial charge in [0.1, 0.15) is 11.4 Å². The number of benzene rings is 1. The molecule has 0 saturated heterocycles. The summed E-state index contributed by atoms with van der Waals surface area (Å²) in [5.41, 5.74) is 1.19. The van der Waals surface area contributed by atoms with Crippen LogP contribution in [-0.4, -0.2) is 23.6 Å². The van der Waals surface area contributed by atoms with Crippen molar-refractivity contribution in [3.8, 4) is 5.75 Å². The number of nitrogens with one attached hydrogen (secondary N) is 1. The number of aromatic nitrogens is 2. The highest BCUT2D eigenvalue weighted by Gasteiger charge is 2.08. The summed E-state index contributed by atoms with van der Waals surface area (Å²) in [6.45, 7) is 0. The van der Waals surface area contributed by atoms with Crippen LogP contribution >= 0.6 is 0 Å². The van der Waals surface area contributed by atoms with Gasteiger partial charge in [0, 0.05) is 0 Å². The van der Waals surface area contributed by atoms with Crippen LogP contribution in [0.15, 0.2) is 18.2 Å². The molecule has 0 aliphatic heterocycles. The number of ether oxygens (including phenoxy) is 1. The Bertz CT molecular complexity index is 448. The molecule has 0 bridgehead atoms. The number of hydrogen-bond acceptors (Lipinski definition) is 3. The lowest BCUT2D eigenvalue weighted by atomic mass is 10.2. The fourth-order valence-corrected chi connectivity index (χ4v) is 1.32. The van der Waals surface area contributed by atoms with E-state index in [0.29, 0.717) is 11.4 Å². The molecule has 13 heavy (non-hydrogen) atoms. The molecule has 1 heterocycles. The van der Waals surface area contributed by atoms with Gasteiger partial charge >= 0.3 is 0 Å². The predicted octanol–water partition coefficient (Wildman–Crippen LogP) is 1.38. The van der Waals surface area contributed by atoms with Gasteiger partial charge in [-0.2, -0.15) is 5.10 Å². The molecule has 1 aromatic carbocycles. The van der Waals surface area contributed by atoms with Crippen LogP contribution in [0.1, 0.15) is 10.5 Å². The quantitative estimate of drug-likeness (QED) is 0.703. The zero-order valence-electron chi connectivity index (χ0n) is 7.07. The minimum absolute atomic E-state index is 0.451. The van der Waals surface area contributed by atoms with Crippen molar-refractivity contribution < 1.29 is 9.53 Å². The van der Waals surface area contributed by atoms with Crippen LogP contribution < -0.4 is 4.74 Å².